The van der Waals surface area contributed by atoms with Crippen LogP contribution in [-0.2, 0) is 14.8 Å². The molecule has 142 valence electrons. The minimum absolute atomic E-state index is 0.0476. The second-order valence-corrected chi connectivity index (χ2v) is 6.74. The first-order chi connectivity index (χ1) is 11.6. The van der Waals surface area contributed by atoms with Crippen molar-refractivity contribution in [2.24, 2.45) is 0 Å². The van der Waals surface area contributed by atoms with Crippen LogP contribution in [0.2, 0.25) is 0 Å². The maximum Gasteiger partial charge on any atom is 0.573 e. The van der Waals surface area contributed by atoms with E-state index in [1.165, 1.54) is 0 Å². The molecule has 0 aliphatic heterocycles. The van der Waals surface area contributed by atoms with Gasteiger partial charge in [0, 0.05) is 19.5 Å². The Bertz CT molecular complexity index is 648. The second kappa shape index (κ2) is 9.59. The van der Waals surface area contributed by atoms with Crippen LogP contribution in [0, 0.1) is 0 Å². The zero-order chi connectivity index (χ0) is 18.9. The standard InChI is InChI=1S/C14H20F3N3O4S/c1-18-8-2-9-19-13(21)7-10-20-25(22,23)12-5-3-11(4-6-12)24-14(15,16)17/h3-6,18,20H,2,7-10H2,1H3,(H,19,21). The van der Waals surface area contributed by atoms with Crippen molar-refractivity contribution in [1.82, 2.24) is 15.4 Å². The summed E-state index contributed by atoms with van der Waals surface area (Å²) in [4.78, 5) is 11.3. The van der Waals surface area contributed by atoms with E-state index in [2.05, 4.69) is 20.1 Å². The topological polar surface area (TPSA) is 96.5 Å². The quantitative estimate of drug-likeness (QED) is 0.524. The Balaban J connectivity index is 2.46. The number of amides is 1. The van der Waals surface area contributed by atoms with Gasteiger partial charge in [0.2, 0.25) is 15.9 Å². The Labute approximate surface area is 144 Å². The molecule has 0 aromatic heterocycles. The lowest BCUT2D eigenvalue weighted by Crippen LogP contribution is -2.31. The zero-order valence-corrected chi connectivity index (χ0v) is 14.3. The Hall–Kier alpha value is -1.85. The van der Waals surface area contributed by atoms with Crippen LogP contribution < -0.4 is 20.1 Å². The Morgan fingerprint density at radius 1 is 1.12 bits per heavy atom. The SMILES string of the molecule is CNCCCNC(=O)CCNS(=O)(=O)c1ccc(OC(F)(F)F)cc1. The molecule has 1 aromatic rings. The molecular formula is C14H20F3N3O4S. The van der Waals surface area contributed by atoms with Crippen molar-refractivity contribution in [3.05, 3.63) is 24.3 Å². The average molecular weight is 383 g/mol. The zero-order valence-electron chi connectivity index (χ0n) is 13.5. The molecule has 0 unspecified atom stereocenters. The minimum atomic E-state index is -4.85. The maximum atomic E-state index is 12.1. The molecule has 0 fully saturated rings. The molecule has 0 atom stereocenters. The smallest absolute Gasteiger partial charge is 0.406 e. The van der Waals surface area contributed by atoms with Gasteiger partial charge in [0.1, 0.15) is 5.75 Å². The Morgan fingerprint density at radius 2 is 1.76 bits per heavy atom. The predicted molar refractivity (Wildman–Crippen MR) is 84.5 cm³/mol. The molecule has 1 rings (SSSR count). The number of hydrogen-bond donors (Lipinski definition) is 3. The molecule has 1 amide bonds. The van der Waals surface area contributed by atoms with E-state index in [4.69, 9.17) is 0 Å². The third kappa shape index (κ3) is 8.70. The number of ether oxygens (including phenoxy) is 1. The van der Waals surface area contributed by atoms with Gasteiger partial charge in [-0.3, -0.25) is 4.79 Å². The van der Waals surface area contributed by atoms with E-state index in [1.807, 2.05) is 0 Å². The highest BCUT2D eigenvalue weighted by atomic mass is 32.2. The first-order valence-electron chi connectivity index (χ1n) is 7.41. The number of carbonyl (C=O) groups excluding carboxylic acids is 1. The van der Waals surface area contributed by atoms with E-state index >= 15 is 0 Å². The van der Waals surface area contributed by atoms with Crippen LogP contribution in [0.15, 0.2) is 29.2 Å². The van der Waals surface area contributed by atoms with Crippen molar-refractivity contribution in [2.45, 2.75) is 24.1 Å². The molecule has 0 bridgehead atoms. The fourth-order valence-corrected chi connectivity index (χ4v) is 2.82. The molecule has 0 saturated heterocycles. The molecule has 11 heteroatoms. The van der Waals surface area contributed by atoms with Gasteiger partial charge in [-0.1, -0.05) is 0 Å². The van der Waals surface area contributed by atoms with Crippen LogP contribution in [0.1, 0.15) is 12.8 Å². The molecule has 1 aromatic carbocycles. The number of hydrogen-bond acceptors (Lipinski definition) is 5. The number of nitrogens with one attached hydrogen (secondary N) is 3. The highest BCUT2D eigenvalue weighted by molar-refractivity contribution is 7.89. The summed E-state index contributed by atoms with van der Waals surface area (Å²) in [5.41, 5.74) is 0. The average Bonchev–Trinajstić information content (AvgIpc) is 2.50. The first-order valence-corrected chi connectivity index (χ1v) is 8.89. The van der Waals surface area contributed by atoms with Gasteiger partial charge in [-0.05, 0) is 44.3 Å². The van der Waals surface area contributed by atoms with Gasteiger partial charge in [-0.2, -0.15) is 0 Å². The van der Waals surface area contributed by atoms with Crippen molar-refractivity contribution in [2.75, 3.05) is 26.7 Å². The van der Waals surface area contributed by atoms with Crippen molar-refractivity contribution in [3.8, 4) is 5.75 Å². The minimum Gasteiger partial charge on any atom is -0.406 e. The number of sulfonamides is 1. The van der Waals surface area contributed by atoms with Crippen molar-refractivity contribution in [3.63, 3.8) is 0 Å². The Kier molecular flexibility index (Phi) is 8.13. The molecule has 0 heterocycles. The Morgan fingerprint density at radius 3 is 2.32 bits per heavy atom. The normalized spacial score (nSPS) is 12.0. The summed E-state index contributed by atoms with van der Waals surface area (Å²) in [6.07, 6.45) is -4.15. The van der Waals surface area contributed by atoms with E-state index in [1.54, 1.807) is 7.05 Å². The van der Waals surface area contributed by atoms with Crippen molar-refractivity contribution in [1.29, 1.82) is 0 Å². The number of benzene rings is 1. The van der Waals surface area contributed by atoms with Gasteiger partial charge in [-0.25, -0.2) is 13.1 Å². The van der Waals surface area contributed by atoms with Gasteiger partial charge < -0.3 is 15.4 Å². The lowest BCUT2D eigenvalue weighted by molar-refractivity contribution is -0.274. The van der Waals surface area contributed by atoms with Crippen LogP contribution in [0.4, 0.5) is 13.2 Å². The van der Waals surface area contributed by atoms with Crippen LogP contribution in [0.3, 0.4) is 0 Å². The highest BCUT2D eigenvalue weighted by Gasteiger charge is 2.31. The van der Waals surface area contributed by atoms with E-state index < -0.39 is 22.1 Å². The summed E-state index contributed by atoms with van der Waals surface area (Å²) in [5.74, 6) is -0.819. The van der Waals surface area contributed by atoms with E-state index in [9.17, 15) is 26.4 Å². The molecule has 0 spiro atoms. The summed E-state index contributed by atoms with van der Waals surface area (Å²) in [7, 11) is -2.13. The van der Waals surface area contributed by atoms with Crippen molar-refractivity contribution >= 4 is 15.9 Å². The predicted octanol–water partition coefficient (Wildman–Crippen LogP) is 0.979. The van der Waals surface area contributed by atoms with Gasteiger partial charge in [0.05, 0.1) is 4.90 Å². The van der Waals surface area contributed by atoms with Gasteiger partial charge in [0.25, 0.3) is 0 Å². The number of alkyl halides is 3. The maximum absolute atomic E-state index is 12.1. The molecule has 3 N–H and O–H groups in total. The summed E-state index contributed by atoms with van der Waals surface area (Å²) < 4.78 is 66.0. The molecule has 25 heavy (non-hydrogen) atoms. The first kappa shape index (κ1) is 21.2. The van der Waals surface area contributed by atoms with Crippen LogP contribution in [-0.4, -0.2) is 47.4 Å². The van der Waals surface area contributed by atoms with E-state index in [-0.39, 0.29) is 23.8 Å². The van der Waals surface area contributed by atoms with Gasteiger partial charge in [0.15, 0.2) is 0 Å². The summed E-state index contributed by atoms with van der Waals surface area (Å²) in [5, 5.41) is 5.56. The van der Waals surface area contributed by atoms with Crippen LogP contribution in [0.25, 0.3) is 0 Å². The highest BCUT2D eigenvalue weighted by Crippen LogP contribution is 2.23. The molecule has 0 saturated carbocycles. The monoisotopic (exact) mass is 383 g/mol. The van der Waals surface area contributed by atoms with E-state index in [0.29, 0.717) is 6.54 Å². The summed E-state index contributed by atoms with van der Waals surface area (Å²) in [6.45, 7) is 1.11. The third-order valence-electron chi connectivity index (χ3n) is 2.94. The van der Waals surface area contributed by atoms with Gasteiger partial charge >= 0.3 is 6.36 Å². The van der Waals surface area contributed by atoms with Crippen molar-refractivity contribution < 1.29 is 31.1 Å². The third-order valence-corrected chi connectivity index (χ3v) is 4.41. The lowest BCUT2D eigenvalue weighted by atomic mass is 10.3. The fraction of sp³-hybridized carbons (Fsp3) is 0.500. The second-order valence-electron chi connectivity index (χ2n) is 4.97. The molecular weight excluding hydrogens is 363 g/mol. The number of carbonyl (C=O) groups is 1. The summed E-state index contributed by atoms with van der Waals surface area (Å²) in [6, 6.07) is 3.77. The fourth-order valence-electron chi connectivity index (χ4n) is 1.78. The van der Waals surface area contributed by atoms with Crippen LogP contribution in [0.5, 0.6) is 5.75 Å². The van der Waals surface area contributed by atoms with Gasteiger partial charge in [-0.15, -0.1) is 13.2 Å². The lowest BCUT2D eigenvalue weighted by Gasteiger charge is -2.10. The molecule has 0 aliphatic rings. The summed E-state index contributed by atoms with van der Waals surface area (Å²) >= 11 is 0. The molecule has 0 aliphatic carbocycles. The molecule has 0 radical (unpaired) electrons. The molecule has 7 nitrogen and oxygen atoms in total. The number of rotatable bonds is 10. The largest absolute Gasteiger partial charge is 0.573 e. The number of halogens is 3. The van der Waals surface area contributed by atoms with E-state index in [0.717, 1.165) is 37.2 Å². The van der Waals surface area contributed by atoms with Crippen LogP contribution >= 0.6 is 0 Å².